The third kappa shape index (κ3) is 3.81. The van der Waals surface area contributed by atoms with E-state index in [-0.39, 0.29) is 12.3 Å². The molecule has 23 heavy (non-hydrogen) atoms. The largest absolute Gasteiger partial charge is 0.463 e. The van der Waals surface area contributed by atoms with Gasteiger partial charge in [-0.05, 0) is 4.92 Å². The SMILES string of the molecule is CC(=O)OC[C@H]1O[C@@H](c2c[nH]c([N+](=O)[O-])n2)[C@H](OC(C)=O)[C@@H]1O. The van der Waals surface area contributed by atoms with E-state index in [4.69, 9.17) is 14.2 Å². The lowest BCUT2D eigenvalue weighted by atomic mass is 10.1. The average Bonchev–Trinajstić information content (AvgIpc) is 3.03. The molecule has 0 spiro atoms. The zero-order chi connectivity index (χ0) is 17.1. The van der Waals surface area contributed by atoms with E-state index < -0.39 is 47.2 Å². The Bertz CT molecular complexity index is 615. The van der Waals surface area contributed by atoms with E-state index in [1.54, 1.807) is 0 Å². The first-order chi connectivity index (χ1) is 10.8. The molecule has 1 fully saturated rings. The van der Waals surface area contributed by atoms with Gasteiger partial charge in [-0.3, -0.25) is 9.59 Å². The number of carbonyl (C=O) groups is 2. The van der Waals surface area contributed by atoms with Crippen molar-refractivity contribution in [3.63, 3.8) is 0 Å². The van der Waals surface area contributed by atoms with Crippen molar-refractivity contribution in [3.05, 3.63) is 22.0 Å². The van der Waals surface area contributed by atoms with Crippen LogP contribution in [0.25, 0.3) is 0 Å². The molecule has 11 heteroatoms. The van der Waals surface area contributed by atoms with Crippen LogP contribution in [0.4, 0.5) is 5.95 Å². The van der Waals surface area contributed by atoms with Crippen molar-refractivity contribution in [1.82, 2.24) is 9.97 Å². The van der Waals surface area contributed by atoms with Crippen LogP contribution in [0, 0.1) is 10.1 Å². The predicted molar refractivity (Wildman–Crippen MR) is 71.0 cm³/mol. The predicted octanol–water partition coefficient (Wildman–Crippen LogP) is -0.387. The third-order valence-electron chi connectivity index (χ3n) is 3.14. The lowest BCUT2D eigenvalue weighted by Crippen LogP contribution is -2.36. The molecule has 1 saturated heterocycles. The minimum absolute atomic E-state index is 0.0901. The van der Waals surface area contributed by atoms with E-state index >= 15 is 0 Å². The van der Waals surface area contributed by atoms with Gasteiger partial charge in [0.1, 0.15) is 25.0 Å². The summed E-state index contributed by atoms with van der Waals surface area (Å²) in [7, 11) is 0. The Kier molecular flexibility index (Phi) is 4.91. The maximum atomic E-state index is 11.2. The van der Waals surface area contributed by atoms with Crippen molar-refractivity contribution in [2.75, 3.05) is 6.61 Å². The number of imidazole rings is 1. The normalized spacial score (nSPS) is 26.7. The van der Waals surface area contributed by atoms with Gasteiger partial charge in [0.05, 0.1) is 0 Å². The topological polar surface area (TPSA) is 154 Å². The minimum atomic E-state index is -1.28. The van der Waals surface area contributed by atoms with Crippen molar-refractivity contribution in [1.29, 1.82) is 0 Å². The highest BCUT2D eigenvalue weighted by atomic mass is 16.6. The summed E-state index contributed by atoms with van der Waals surface area (Å²) in [5, 5.41) is 20.9. The minimum Gasteiger partial charge on any atom is -0.463 e. The molecule has 2 rings (SSSR count). The van der Waals surface area contributed by atoms with Gasteiger partial charge in [-0.2, -0.15) is 0 Å². The Morgan fingerprint density at radius 2 is 2.17 bits per heavy atom. The van der Waals surface area contributed by atoms with Crippen molar-refractivity contribution < 1.29 is 33.8 Å². The molecule has 0 unspecified atom stereocenters. The van der Waals surface area contributed by atoms with Gasteiger partial charge in [0.2, 0.25) is 0 Å². The molecule has 2 N–H and O–H groups in total. The zero-order valence-corrected chi connectivity index (χ0v) is 12.3. The molecule has 4 atom stereocenters. The van der Waals surface area contributed by atoms with E-state index in [1.165, 1.54) is 13.1 Å². The lowest BCUT2D eigenvalue weighted by Gasteiger charge is -2.18. The molecule has 1 aliphatic heterocycles. The molecule has 1 aliphatic rings. The van der Waals surface area contributed by atoms with Gasteiger partial charge in [0, 0.05) is 13.8 Å². The van der Waals surface area contributed by atoms with Crippen LogP contribution in [0.5, 0.6) is 0 Å². The van der Waals surface area contributed by atoms with Gasteiger partial charge in [-0.25, -0.2) is 4.98 Å². The first kappa shape index (κ1) is 16.8. The summed E-state index contributed by atoms with van der Waals surface area (Å²) < 4.78 is 15.3. The summed E-state index contributed by atoms with van der Waals surface area (Å²) in [6.07, 6.45) is -3.17. The van der Waals surface area contributed by atoms with Gasteiger partial charge < -0.3 is 29.4 Å². The second-order valence-corrected chi connectivity index (χ2v) is 4.87. The highest BCUT2D eigenvalue weighted by Crippen LogP contribution is 2.35. The first-order valence-electron chi connectivity index (χ1n) is 6.63. The van der Waals surface area contributed by atoms with Gasteiger partial charge in [-0.1, -0.05) is 4.98 Å². The van der Waals surface area contributed by atoms with E-state index in [0.29, 0.717) is 0 Å². The Morgan fingerprint density at radius 3 is 2.70 bits per heavy atom. The Balaban J connectivity index is 2.21. The number of aliphatic hydroxyl groups excluding tert-OH is 1. The second-order valence-electron chi connectivity index (χ2n) is 4.87. The van der Waals surface area contributed by atoms with Crippen molar-refractivity contribution in [2.24, 2.45) is 0 Å². The number of hydrogen-bond donors (Lipinski definition) is 2. The molecule has 2 heterocycles. The quantitative estimate of drug-likeness (QED) is 0.417. The monoisotopic (exact) mass is 329 g/mol. The highest BCUT2D eigenvalue weighted by molar-refractivity contribution is 5.66. The van der Waals surface area contributed by atoms with Crippen LogP contribution in [0.15, 0.2) is 6.20 Å². The van der Waals surface area contributed by atoms with Crippen LogP contribution in [0.1, 0.15) is 25.6 Å². The number of rotatable bonds is 5. The Hall–Kier alpha value is -2.53. The van der Waals surface area contributed by atoms with Crippen LogP contribution in [0.3, 0.4) is 0 Å². The molecule has 1 aromatic heterocycles. The fraction of sp³-hybridized carbons (Fsp3) is 0.583. The number of esters is 2. The first-order valence-corrected chi connectivity index (χ1v) is 6.63. The molecule has 0 amide bonds. The Labute approximate surface area is 129 Å². The fourth-order valence-corrected chi connectivity index (χ4v) is 2.20. The molecule has 126 valence electrons. The summed E-state index contributed by atoms with van der Waals surface area (Å²) >= 11 is 0. The third-order valence-corrected chi connectivity index (χ3v) is 3.14. The smallest absolute Gasteiger partial charge is 0.432 e. The van der Waals surface area contributed by atoms with Crippen LogP contribution in [-0.4, -0.2) is 56.9 Å². The van der Waals surface area contributed by atoms with Gasteiger partial charge in [0.25, 0.3) is 0 Å². The van der Waals surface area contributed by atoms with E-state index in [2.05, 4.69) is 9.97 Å². The number of aliphatic hydroxyl groups is 1. The Morgan fingerprint density at radius 1 is 1.48 bits per heavy atom. The van der Waals surface area contributed by atoms with E-state index in [0.717, 1.165) is 6.92 Å². The molecule has 11 nitrogen and oxygen atoms in total. The molecule has 0 radical (unpaired) electrons. The van der Waals surface area contributed by atoms with E-state index in [9.17, 15) is 24.8 Å². The molecule has 1 aromatic rings. The number of nitrogens with one attached hydrogen (secondary N) is 1. The number of nitrogens with zero attached hydrogens (tertiary/aromatic N) is 2. The van der Waals surface area contributed by atoms with Gasteiger partial charge in [-0.15, -0.1) is 0 Å². The van der Waals surface area contributed by atoms with Crippen LogP contribution in [0.2, 0.25) is 0 Å². The van der Waals surface area contributed by atoms with Crippen molar-refractivity contribution in [3.8, 4) is 0 Å². The highest BCUT2D eigenvalue weighted by Gasteiger charge is 2.49. The number of hydrogen-bond acceptors (Lipinski definition) is 9. The van der Waals surface area contributed by atoms with Crippen molar-refractivity contribution in [2.45, 2.75) is 38.3 Å². The molecule has 0 saturated carbocycles. The summed E-state index contributed by atoms with van der Waals surface area (Å²) in [5.74, 6) is -1.74. The summed E-state index contributed by atoms with van der Waals surface area (Å²) in [4.78, 5) is 38.1. The number of aromatic nitrogens is 2. The van der Waals surface area contributed by atoms with Crippen molar-refractivity contribution >= 4 is 17.9 Å². The number of aromatic amines is 1. The summed E-state index contributed by atoms with van der Waals surface area (Å²) in [6, 6.07) is 0. The van der Waals surface area contributed by atoms with E-state index in [1.807, 2.05) is 0 Å². The summed E-state index contributed by atoms with van der Waals surface area (Å²) in [5.41, 5.74) is 0.0901. The van der Waals surface area contributed by atoms with Crippen LogP contribution in [-0.2, 0) is 23.8 Å². The standard InChI is InChI=1S/C12H15N3O8/c1-5(16)21-4-8-9(18)11(22-6(2)17)10(23-8)7-3-13-12(14-7)15(19)20/h3,8-11,18H,4H2,1-2H3,(H,13,14)/t8-,9-,10+,11-/m1/s1. The number of nitro groups is 1. The molecule has 0 aliphatic carbocycles. The molecule has 0 aromatic carbocycles. The molecule has 0 bridgehead atoms. The molecular weight excluding hydrogens is 314 g/mol. The maximum absolute atomic E-state index is 11.2. The van der Waals surface area contributed by atoms with Crippen LogP contribution < -0.4 is 0 Å². The number of carbonyl (C=O) groups excluding carboxylic acids is 2. The average molecular weight is 329 g/mol. The lowest BCUT2D eigenvalue weighted by molar-refractivity contribution is -0.393. The second kappa shape index (κ2) is 6.71. The molecular formula is C12H15N3O8. The number of H-pyrrole nitrogens is 1. The van der Waals surface area contributed by atoms with Crippen LogP contribution >= 0.6 is 0 Å². The fourth-order valence-electron chi connectivity index (χ4n) is 2.20. The van der Waals surface area contributed by atoms with Gasteiger partial charge in [0.15, 0.2) is 17.9 Å². The van der Waals surface area contributed by atoms with Gasteiger partial charge >= 0.3 is 17.9 Å². The maximum Gasteiger partial charge on any atom is 0.432 e. The number of ether oxygens (including phenoxy) is 3. The summed E-state index contributed by atoms with van der Waals surface area (Å²) in [6.45, 7) is 2.09. The zero-order valence-electron chi connectivity index (χ0n) is 12.3.